The fourth-order valence-electron chi connectivity index (χ4n) is 1.95. The Morgan fingerprint density at radius 3 is 2.50 bits per heavy atom. The van der Waals surface area contributed by atoms with Gasteiger partial charge in [0.15, 0.2) is 0 Å². The van der Waals surface area contributed by atoms with E-state index in [1.165, 1.54) is 5.56 Å². The van der Waals surface area contributed by atoms with Gasteiger partial charge in [-0.25, -0.2) is 0 Å². The molecule has 2 aromatic heterocycles. The van der Waals surface area contributed by atoms with Gasteiger partial charge in [0.05, 0.1) is 5.69 Å². The molecule has 0 saturated carbocycles. The van der Waals surface area contributed by atoms with Gasteiger partial charge in [-0.15, -0.1) is 29.9 Å². The van der Waals surface area contributed by atoms with Crippen molar-refractivity contribution in [2.24, 2.45) is 0 Å². The van der Waals surface area contributed by atoms with Crippen LogP contribution in [0.25, 0.3) is 5.69 Å². The van der Waals surface area contributed by atoms with E-state index in [-0.39, 0.29) is 24.8 Å². The molecule has 0 atom stereocenters. The van der Waals surface area contributed by atoms with E-state index >= 15 is 0 Å². The van der Waals surface area contributed by atoms with Crippen LogP contribution in [0, 0.1) is 0 Å². The van der Waals surface area contributed by atoms with E-state index in [4.69, 9.17) is 0 Å². The van der Waals surface area contributed by atoms with Crippen LogP contribution in [0.4, 0.5) is 0 Å². The summed E-state index contributed by atoms with van der Waals surface area (Å²) in [6.07, 6.45) is 3.61. The number of thioether (sulfide) groups is 1. The highest BCUT2D eigenvalue weighted by atomic mass is 35.5. The number of para-hydroxylation sites is 1. The Balaban J connectivity index is 0.00000144. The van der Waals surface area contributed by atoms with Crippen LogP contribution < -0.4 is 5.32 Å². The van der Waals surface area contributed by atoms with Gasteiger partial charge in [0.25, 0.3) is 0 Å². The summed E-state index contributed by atoms with van der Waals surface area (Å²) in [6, 6.07) is 13.9. The van der Waals surface area contributed by atoms with E-state index in [1.54, 1.807) is 28.8 Å². The summed E-state index contributed by atoms with van der Waals surface area (Å²) in [5, 5.41) is 16.1. The number of tetrazole rings is 1. The summed E-state index contributed by atoms with van der Waals surface area (Å²) in [6.45, 7) is 1.72. The second-order valence-corrected chi connectivity index (χ2v) is 5.65. The van der Waals surface area contributed by atoms with Gasteiger partial charge in [0, 0.05) is 31.2 Å². The van der Waals surface area contributed by atoms with Crippen molar-refractivity contribution in [1.29, 1.82) is 0 Å². The van der Waals surface area contributed by atoms with Gasteiger partial charge < -0.3 is 5.32 Å². The number of hydrogen-bond donors (Lipinski definition) is 1. The highest BCUT2D eigenvalue weighted by Crippen LogP contribution is 2.17. The minimum atomic E-state index is 0. The summed E-state index contributed by atoms with van der Waals surface area (Å²) in [7, 11) is 0. The van der Waals surface area contributed by atoms with E-state index < -0.39 is 0 Å². The van der Waals surface area contributed by atoms with Gasteiger partial charge in [0.1, 0.15) is 0 Å². The van der Waals surface area contributed by atoms with Crippen LogP contribution in [-0.2, 0) is 6.54 Å². The molecule has 0 spiro atoms. The van der Waals surface area contributed by atoms with Crippen molar-refractivity contribution >= 4 is 36.6 Å². The lowest BCUT2D eigenvalue weighted by Gasteiger charge is -2.05. The molecule has 0 fully saturated rings. The minimum absolute atomic E-state index is 0. The molecule has 1 aromatic carbocycles. The molecule has 0 aliphatic heterocycles. The summed E-state index contributed by atoms with van der Waals surface area (Å²) in [4.78, 5) is 4.01. The molecule has 128 valence electrons. The Morgan fingerprint density at radius 2 is 1.75 bits per heavy atom. The molecule has 0 saturated heterocycles. The van der Waals surface area contributed by atoms with E-state index in [0.717, 1.165) is 29.7 Å². The van der Waals surface area contributed by atoms with Gasteiger partial charge in [-0.2, -0.15) is 4.68 Å². The third kappa shape index (κ3) is 5.76. The van der Waals surface area contributed by atoms with Crippen molar-refractivity contribution < 1.29 is 0 Å². The first-order valence-corrected chi connectivity index (χ1v) is 7.98. The first-order chi connectivity index (χ1) is 10.9. The normalized spacial score (nSPS) is 9.83. The molecule has 0 unspecified atom stereocenters. The molecule has 1 N–H and O–H groups in total. The van der Waals surface area contributed by atoms with Crippen molar-refractivity contribution in [2.75, 3.05) is 12.3 Å². The quantitative estimate of drug-likeness (QED) is 0.498. The fraction of sp³-hybridized carbons (Fsp3) is 0.200. The number of pyridine rings is 1. The maximum absolute atomic E-state index is 4.08. The molecule has 0 amide bonds. The average molecular weight is 385 g/mol. The molecule has 3 aromatic rings. The zero-order chi connectivity index (χ0) is 15.0. The van der Waals surface area contributed by atoms with Gasteiger partial charge in [0.2, 0.25) is 5.16 Å². The smallest absolute Gasteiger partial charge is 0.214 e. The van der Waals surface area contributed by atoms with E-state index in [1.807, 2.05) is 42.5 Å². The maximum Gasteiger partial charge on any atom is 0.214 e. The third-order valence-electron chi connectivity index (χ3n) is 3.03. The highest BCUT2D eigenvalue weighted by molar-refractivity contribution is 7.99. The molecular formula is C15H18Cl2N6S. The fourth-order valence-corrected chi connectivity index (χ4v) is 2.74. The van der Waals surface area contributed by atoms with Crippen LogP contribution in [0.3, 0.4) is 0 Å². The molecule has 6 nitrogen and oxygen atoms in total. The maximum atomic E-state index is 4.08. The van der Waals surface area contributed by atoms with Crippen LogP contribution in [-0.4, -0.2) is 37.5 Å². The first kappa shape index (κ1) is 20.4. The predicted molar refractivity (Wildman–Crippen MR) is 100 cm³/mol. The van der Waals surface area contributed by atoms with Crippen molar-refractivity contribution in [3.8, 4) is 5.69 Å². The number of hydrogen-bond acceptors (Lipinski definition) is 6. The molecule has 0 bridgehead atoms. The first-order valence-electron chi connectivity index (χ1n) is 7.00. The molecule has 24 heavy (non-hydrogen) atoms. The van der Waals surface area contributed by atoms with Crippen LogP contribution in [0.1, 0.15) is 5.56 Å². The van der Waals surface area contributed by atoms with E-state index in [2.05, 4.69) is 25.8 Å². The Hall–Kier alpha value is -1.67. The molecular weight excluding hydrogens is 367 g/mol. The van der Waals surface area contributed by atoms with Crippen LogP contribution in [0.2, 0.25) is 0 Å². The van der Waals surface area contributed by atoms with Gasteiger partial charge in [-0.3, -0.25) is 4.98 Å². The standard InChI is InChI=1S/C15H16N6S.2ClH/c1-2-4-14(5-3-1)21-15(18-19-20-21)22-11-10-17-12-13-6-8-16-9-7-13;;/h1-9,17H,10-12H2;2*1H. The van der Waals surface area contributed by atoms with Crippen LogP contribution in [0.15, 0.2) is 60.0 Å². The molecule has 0 aliphatic rings. The van der Waals surface area contributed by atoms with E-state index in [0.29, 0.717) is 0 Å². The van der Waals surface area contributed by atoms with Gasteiger partial charge in [-0.05, 0) is 40.3 Å². The zero-order valence-electron chi connectivity index (χ0n) is 12.8. The summed E-state index contributed by atoms with van der Waals surface area (Å²) >= 11 is 1.64. The minimum Gasteiger partial charge on any atom is -0.312 e. The number of nitrogens with one attached hydrogen (secondary N) is 1. The second kappa shape index (κ2) is 11.0. The largest absolute Gasteiger partial charge is 0.312 e. The lowest BCUT2D eigenvalue weighted by Crippen LogP contribution is -2.16. The van der Waals surface area contributed by atoms with Crippen molar-refractivity contribution in [2.45, 2.75) is 11.7 Å². The lowest BCUT2D eigenvalue weighted by atomic mass is 10.3. The molecule has 0 aliphatic carbocycles. The molecule has 2 heterocycles. The van der Waals surface area contributed by atoms with E-state index in [9.17, 15) is 0 Å². The Morgan fingerprint density at radius 1 is 1.00 bits per heavy atom. The molecule has 0 radical (unpaired) electrons. The zero-order valence-corrected chi connectivity index (χ0v) is 15.2. The SMILES string of the molecule is Cl.Cl.c1ccc(-n2nnnc2SCCNCc2ccncc2)cc1. The number of rotatable bonds is 7. The van der Waals surface area contributed by atoms with Crippen LogP contribution in [0.5, 0.6) is 0 Å². The average Bonchev–Trinajstić information content (AvgIpc) is 3.05. The van der Waals surface area contributed by atoms with Gasteiger partial charge >= 0.3 is 0 Å². The van der Waals surface area contributed by atoms with Crippen LogP contribution >= 0.6 is 36.6 Å². The third-order valence-corrected chi connectivity index (χ3v) is 3.95. The molecule has 3 rings (SSSR count). The summed E-state index contributed by atoms with van der Waals surface area (Å²) in [5.74, 6) is 0.901. The topological polar surface area (TPSA) is 68.5 Å². The van der Waals surface area contributed by atoms with Crippen molar-refractivity contribution in [3.05, 3.63) is 60.4 Å². The Labute approximate surface area is 157 Å². The molecule has 9 heteroatoms. The number of aromatic nitrogens is 5. The highest BCUT2D eigenvalue weighted by Gasteiger charge is 2.07. The van der Waals surface area contributed by atoms with Gasteiger partial charge in [-0.1, -0.05) is 30.0 Å². The van der Waals surface area contributed by atoms with Crippen molar-refractivity contribution in [3.63, 3.8) is 0 Å². The Kier molecular flexibility index (Phi) is 9.33. The number of benzene rings is 1. The monoisotopic (exact) mass is 384 g/mol. The predicted octanol–water partition coefficient (Wildman–Crippen LogP) is 2.78. The van der Waals surface area contributed by atoms with Crippen molar-refractivity contribution in [1.82, 2.24) is 30.5 Å². The summed E-state index contributed by atoms with van der Waals surface area (Å²) < 4.78 is 1.76. The second-order valence-electron chi connectivity index (χ2n) is 4.59. The lowest BCUT2D eigenvalue weighted by molar-refractivity contribution is 0.727. The number of nitrogens with zero attached hydrogens (tertiary/aromatic N) is 5. The Bertz CT molecular complexity index is 695. The summed E-state index contributed by atoms with van der Waals surface area (Å²) in [5.41, 5.74) is 2.20. The number of halogens is 2.